The van der Waals surface area contributed by atoms with Crippen molar-refractivity contribution in [2.24, 2.45) is 5.92 Å². The highest BCUT2D eigenvalue weighted by Gasteiger charge is 2.36. The van der Waals surface area contributed by atoms with Gasteiger partial charge in [0.1, 0.15) is 11.5 Å². The van der Waals surface area contributed by atoms with Gasteiger partial charge in [0.2, 0.25) is 0 Å². The van der Waals surface area contributed by atoms with E-state index in [0.29, 0.717) is 30.3 Å². The van der Waals surface area contributed by atoms with Gasteiger partial charge >= 0.3 is 0 Å². The van der Waals surface area contributed by atoms with E-state index in [-0.39, 0.29) is 30.0 Å². The van der Waals surface area contributed by atoms with Gasteiger partial charge in [0.05, 0.1) is 0 Å². The van der Waals surface area contributed by atoms with Crippen LogP contribution in [0.2, 0.25) is 0 Å². The number of benzene rings is 2. The largest absolute Gasteiger partial charge is 0.507 e. The summed E-state index contributed by atoms with van der Waals surface area (Å²) in [6, 6.07) is 8.56. The van der Waals surface area contributed by atoms with Crippen molar-refractivity contribution in [3.8, 4) is 11.5 Å². The number of rotatable bonds is 13. The van der Waals surface area contributed by atoms with Crippen LogP contribution in [0.1, 0.15) is 132 Å². The first-order valence-electron chi connectivity index (χ1n) is 14.9. The predicted molar refractivity (Wildman–Crippen MR) is 157 cm³/mol. The summed E-state index contributed by atoms with van der Waals surface area (Å²) in [5.74, 6) is 0.942. The van der Waals surface area contributed by atoms with E-state index in [0.717, 1.165) is 84.7 Å². The van der Waals surface area contributed by atoms with Gasteiger partial charge in [-0.2, -0.15) is 0 Å². The summed E-state index contributed by atoms with van der Waals surface area (Å²) < 4.78 is 0. The predicted octanol–water partition coefficient (Wildman–Crippen LogP) is 7.64. The normalized spacial score (nSPS) is 15.1. The lowest BCUT2D eigenvalue weighted by atomic mass is 9.72. The molecule has 0 saturated heterocycles. The summed E-state index contributed by atoms with van der Waals surface area (Å²) in [6.45, 7) is 13.3. The molecule has 0 unspecified atom stereocenters. The second-order valence-corrected chi connectivity index (χ2v) is 12.8. The molecule has 1 aliphatic carbocycles. The van der Waals surface area contributed by atoms with E-state index in [1.54, 1.807) is 0 Å². The maximum Gasteiger partial charge on any atom is 0.123 e. The minimum atomic E-state index is -0.200. The second kappa shape index (κ2) is 12.9. The minimum absolute atomic E-state index is 0.113. The number of hydrogen-bond acceptors (Lipinski definition) is 4. The van der Waals surface area contributed by atoms with Crippen LogP contribution in [0.15, 0.2) is 24.3 Å². The third-order valence-electron chi connectivity index (χ3n) is 9.41. The topological polar surface area (TPSA) is 80.9 Å². The molecule has 2 aromatic carbocycles. The molecule has 1 fully saturated rings. The van der Waals surface area contributed by atoms with Crippen molar-refractivity contribution >= 4 is 0 Å². The minimum Gasteiger partial charge on any atom is -0.507 e. The van der Waals surface area contributed by atoms with Gasteiger partial charge in [-0.3, -0.25) is 0 Å². The number of aliphatic hydroxyl groups is 2. The van der Waals surface area contributed by atoms with E-state index in [1.165, 1.54) is 0 Å². The van der Waals surface area contributed by atoms with E-state index in [1.807, 2.05) is 0 Å². The molecule has 212 valence electrons. The first-order valence-corrected chi connectivity index (χ1v) is 14.9. The molecule has 2 aromatic rings. The molecule has 0 radical (unpaired) electrons. The number of aryl methyl sites for hydroxylation is 2. The molecule has 0 heterocycles. The van der Waals surface area contributed by atoms with Crippen molar-refractivity contribution in [1.29, 1.82) is 0 Å². The molecule has 4 nitrogen and oxygen atoms in total. The molecule has 0 aromatic heterocycles. The van der Waals surface area contributed by atoms with Crippen molar-refractivity contribution in [1.82, 2.24) is 0 Å². The van der Waals surface area contributed by atoms with Gasteiger partial charge in [0.15, 0.2) is 0 Å². The highest BCUT2D eigenvalue weighted by molar-refractivity contribution is 5.57. The molecular formula is C34H52O4. The highest BCUT2D eigenvalue weighted by Crippen LogP contribution is 2.51. The molecule has 1 aliphatic rings. The molecular weight excluding hydrogens is 472 g/mol. The lowest BCUT2D eigenvalue weighted by Crippen LogP contribution is -2.21. The number of phenolic OH excluding ortho intramolecular Hbond substituents is 2. The van der Waals surface area contributed by atoms with Crippen LogP contribution in [0.3, 0.4) is 0 Å². The zero-order valence-corrected chi connectivity index (χ0v) is 24.7. The number of aliphatic hydroxyl groups excluding tert-OH is 2. The van der Waals surface area contributed by atoms with E-state index in [4.69, 9.17) is 0 Å². The lowest BCUT2D eigenvalue weighted by molar-refractivity contribution is 0.288. The third-order valence-corrected chi connectivity index (χ3v) is 9.41. The van der Waals surface area contributed by atoms with Crippen LogP contribution in [0.4, 0.5) is 0 Å². The lowest BCUT2D eigenvalue weighted by Gasteiger charge is -2.33. The van der Waals surface area contributed by atoms with E-state index < -0.39 is 0 Å². The first-order chi connectivity index (χ1) is 18.0. The van der Waals surface area contributed by atoms with E-state index >= 15 is 0 Å². The van der Waals surface area contributed by atoms with Gasteiger partial charge in [-0.25, -0.2) is 0 Å². The van der Waals surface area contributed by atoms with Gasteiger partial charge in [0, 0.05) is 41.4 Å². The molecule has 3 rings (SSSR count). The molecule has 0 spiro atoms. The average molecular weight is 525 g/mol. The van der Waals surface area contributed by atoms with Gasteiger partial charge in [-0.1, -0.05) is 78.6 Å². The second-order valence-electron chi connectivity index (χ2n) is 12.8. The molecule has 4 N–H and O–H groups in total. The fourth-order valence-electron chi connectivity index (χ4n) is 6.15. The fourth-order valence-corrected chi connectivity index (χ4v) is 6.15. The monoisotopic (exact) mass is 524 g/mol. The summed E-state index contributed by atoms with van der Waals surface area (Å²) in [5, 5.41) is 42.9. The van der Waals surface area contributed by atoms with Crippen molar-refractivity contribution in [3.63, 3.8) is 0 Å². The quantitative estimate of drug-likeness (QED) is 0.217. The summed E-state index contributed by atoms with van der Waals surface area (Å²) >= 11 is 0. The summed E-state index contributed by atoms with van der Waals surface area (Å²) in [4.78, 5) is 0. The Balaban J connectivity index is 2.34. The molecule has 0 amide bonds. The highest BCUT2D eigenvalue weighted by atomic mass is 16.3. The molecule has 0 bridgehead atoms. The number of aromatic hydroxyl groups is 2. The summed E-state index contributed by atoms with van der Waals surface area (Å²) in [7, 11) is 0. The van der Waals surface area contributed by atoms with Crippen LogP contribution >= 0.6 is 0 Å². The van der Waals surface area contributed by atoms with Gasteiger partial charge < -0.3 is 20.4 Å². The maximum atomic E-state index is 11.9. The SMILES string of the molecule is CCC(C)(C)c1cc(CCCO)cc(C(c2cc(CCCO)cc(C(C)(C)CC)c2O)C2CCCC2)c1O. The molecule has 1 saturated carbocycles. The zero-order chi connectivity index (χ0) is 28.1. The third kappa shape index (κ3) is 6.57. The molecule has 38 heavy (non-hydrogen) atoms. The van der Waals surface area contributed by atoms with Crippen LogP contribution in [-0.2, 0) is 23.7 Å². The van der Waals surface area contributed by atoms with Crippen molar-refractivity contribution in [2.75, 3.05) is 13.2 Å². The molecule has 4 heteroatoms. The van der Waals surface area contributed by atoms with Crippen LogP contribution in [0.5, 0.6) is 11.5 Å². The number of phenols is 2. The Kier molecular flexibility index (Phi) is 10.3. The summed E-state index contributed by atoms with van der Waals surface area (Å²) in [6.07, 6.45) is 9.14. The Labute approximate surface area is 231 Å². The fraction of sp³-hybridized carbons (Fsp3) is 0.647. The molecule has 0 atom stereocenters. The van der Waals surface area contributed by atoms with Crippen molar-refractivity contribution < 1.29 is 20.4 Å². The van der Waals surface area contributed by atoms with Crippen LogP contribution in [0, 0.1) is 5.92 Å². The first kappa shape index (κ1) is 30.5. The van der Waals surface area contributed by atoms with Gasteiger partial charge in [-0.05, 0) is 79.2 Å². The average Bonchev–Trinajstić information content (AvgIpc) is 3.43. The smallest absolute Gasteiger partial charge is 0.123 e. The van der Waals surface area contributed by atoms with Gasteiger partial charge in [0.25, 0.3) is 0 Å². The Morgan fingerprint density at radius 1 is 0.711 bits per heavy atom. The Morgan fingerprint density at radius 3 is 1.45 bits per heavy atom. The van der Waals surface area contributed by atoms with E-state index in [9.17, 15) is 20.4 Å². The Bertz CT molecular complexity index is 985. The van der Waals surface area contributed by atoms with E-state index in [2.05, 4.69) is 65.8 Å². The van der Waals surface area contributed by atoms with Gasteiger partial charge in [-0.15, -0.1) is 0 Å². The summed E-state index contributed by atoms with van der Waals surface area (Å²) in [5.41, 5.74) is 5.62. The maximum absolute atomic E-state index is 11.9. The zero-order valence-electron chi connectivity index (χ0n) is 24.7. The van der Waals surface area contributed by atoms with Crippen molar-refractivity contribution in [3.05, 3.63) is 57.6 Å². The molecule has 0 aliphatic heterocycles. The van der Waals surface area contributed by atoms with Crippen LogP contribution < -0.4 is 0 Å². The van der Waals surface area contributed by atoms with Crippen LogP contribution in [-0.4, -0.2) is 33.6 Å². The Hall–Kier alpha value is -2.04. The standard InChI is InChI=1S/C34H52O4/c1-7-33(3,4)28-21-23(13-11-17-35)19-26(31(28)37)30(25-15-9-10-16-25)27-20-24(14-12-18-36)22-29(32(27)38)34(5,6)8-2/h19-22,25,30,35-38H,7-18H2,1-6H3. The Morgan fingerprint density at radius 2 is 1.11 bits per heavy atom. The van der Waals surface area contributed by atoms with Crippen molar-refractivity contribution in [2.45, 2.75) is 122 Å². The number of hydrogen-bond donors (Lipinski definition) is 4. The van der Waals surface area contributed by atoms with Crippen LogP contribution in [0.25, 0.3) is 0 Å².